The highest BCUT2D eigenvalue weighted by Crippen LogP contribution is 2.43. The van der Waals surface area contributed by atoms with Crippen molar-refractivity contribution in [3.63, 3.8) is 0 Å². The summed E-state index contributed by atoms with van der Waals surface area (Å²) in [7, 11) is 0. The molecule has 102 valence electrons. The molecule has 2 rings (SSSR count). The summed E-state index contributed by atoms with van der Waals surface area (Å²) in [5, 5.41) is 3.41. The standard InChI is InChI=1S/C15H27N3/c1-4-9-16-10-13-11-18(12-17-13)14-7-5-6-8-15(14,2)3/h11-12,14,16H,4-10H2,1-3H3. The summed E-state index contributed by atoms with van der Waals surface area (Å²) in [4.78, 5) is 4.53. The van der Waals surface area contributed by atoms with E-state index < -0.39 is 0 Å². The van der Waals surface area contributed by atoms with Crippen molar-refractivity contribution in [1.29, 1.82) is 0 Å². The maximum atomic E-state index is 4.53. The van der Waals surface area contributed by atoms with Gasteiger partial charge in [0.05, 0.1) is 12.0 Å². The summed E-state index contributed by atoms with van der Waals surface area (Å²) < 4.78 is 2.35. The number of hydrogen-bond acceptors (Lipinski definition) is 2. The van der Waals surface area contributed by atoms with Crippen LogP contribution in [0.15, 0.2) is 12.5 Å². The van der Waals surface area contributed by atoms with Gasteiger partial charge in [-0.2, -0.15) is 0 Å². The molecule has 1 heterocycles. The minimum Gasteiger partial charge on any atom is -0.334 e. The van der Waals surface area contributed by atoms with Crippen LogP contribution in [0.3, 0.4) is 0 Å². The monoisotopic (exact) mass is 249 g/mol. The fraction of sp³-hybridized carbons (Fsp3) is 0.800. The lowest BCUT2D eigenvalue weighted by molar-refractivity contribution is 0.144. The second kappa shape index (κ2) is 5.87. The van der Waals surface area contributed by atoms with Crippen LogP contribution >= 0.6 is 0 Å². The van der Waals surface area contributed by atoms with Crippen LogP contribution in [0.5, 0.6) is 0 Å². The van der Waals surface area contributed by atoms with E-state index in [2.05, 4.69) is 41.8 Å². The Kier molecular flexibility index (Phi) is 4.44. The van der Waals surface area contributed by atoms with Gasteiger partial charge in [-0.15, -0.1) is 0 Å². The molecule has 1 aliphatic carbocycles. The number of nitrogens with one attached hydrogen (secondary N) is 1. The molecule has 0 aliphatic heterocycles. The van der Waals surface area contributed by atoms with Crippen molar-refractivity contribution in [2.45, 2.75) is 65.5 Å². The zero-order valence-electron chi connectivity index (χ0n) is 12.1. The van der Waals surface area contributed by atoms with Gasteiger partial charge in [0.15, 0.2) is 0 Å². The van der Waals surface area contributed by atoms with E-state index in [1.807, 2.05) is 6.33 Å². The Morgan fingerprint density at radius 1 is 1.44 bits per heavy atom. The molecular formula is C15H27N3. The lowest BCUT2D eigenvalue weighted by Crippen LogP contribution is -2.29. The number of hydrogen-bond donors (Lipinski definition) is 1. The predicted molar refractivity (Wildman–Crippen MR) is 75.5 cm³/mol. The lowest BCUT2D eigenvalue weighted by atomic mass is 9.73. The summed E-state index contributed by atoms with van der Waals surface area (Å²) in [5.41, 5.74) is 1.58. The fourth-order valence-corrected chi connectivity index (χ4v) is 3.06. The number of imidazole rings is 1. The van der Waals surface area contributed by atoms with Crippen molar-refractivity contribution >= 4 is 0 Å². The normalized spacial score (nSPS) is 23.2. The van der Waals surface area contributed by atoms with Crippen LogP contribution in [0.4, 0.5) is 0 Å². The average molecular weight is 249 g/mol. The molecule has 1 atom stereocenters. The molecule has 0 aromatic carbocycles. The van der Waals surface area contributed by atoms with Crippen LogP contribution < -0.4 is 5.32 Å². The molecule has 1 fully saturated rings. The first-order valence-corrected chi connectivity index (χ1v) is 7.36. The molecule has 1 unspecified atom stereocenters. The Morgan fingerprint density at radius 2 is 2.28 bits per heavy atom. The third-order valence-electron chi connectivity index (χ3n) is 4.20. The van der Waals surface area contributed by atoms with E-state index in [0.29, 0.717) is 11.5 Å². The van der Waals surface area contributed by atoms with E-state index in [1.165, 1.54) is 37.8 Å². The van der Waals surface area contributed by atoms with Crippen molar-refractivity contribution in [3.8, 4) is 0 Å². The molecule has 18 heavy (non-hydrogen) atoms. The van der Waals surface area contributed by atoms with Crippen molar-refractivity contribution in [2.75, 3.05) is 6.54 Å². The molecule has 0 saturated heterocycles. The molecule has 1 aromatic heterocycles. The summed E-state index contributed by atoms with van der Waals surface area (Å²) >= 11 is 0. The van der Waals surface area contributed by atoms with Crippen molar-refractivity contribution in [3.05, 3.63) is 18.2 Å². The van der Waals surface area contributed by atoms with Crippen LogP contribution in [0.1, 0.15) is 64.6 Å². The average Bonchev–Trinajstić information content (AvgIpc) is 2.77. The molecule has 0 amide bonds. The quantitative estimate of drug-likeness (QED) is 0.809. The Balaban J connectivity index is 2.00. The molecule has 0 radical (unpaired) electrons. The van der Waals surface area contributed by atoms with Gasteiger partial charge in [0.2, 0.25) is 0 Å². The second-order valence-electron chi connectivity index (χ2n) is 6.24. The van der Waals surface area contributed by atoms with Crippen LogP contribution in [-0.2, 0) is 6.54 Å². The van der Waals surface area contributed by atoms with Gasteiger partial charge >= 0.3 is 0 Å². The summed E-state index contributed by atoms with van der Waals surface area (Å²) in [6.45, 7) is 8.95. The van der Waals surface area contributed by atoms with E-state index >= 15 is 0 Å². The number of rotatable bonds is 5. The van der Waals surface area contributed by atoms with Crippen molar-refractivity contribution < 1.29 is 0 Å². The largest absolute Gasteiger partial charge is 0.334 e. The summed E-state index contributed by atoms with van der Waals surface area (Å²) in [5.74, 6) is 0. The van der Waals surface area contributed by atoms with Crippen molar-refractivity contribution in [2.24, 2.45) is 5.41 Å². The highest BCUT2D eigenvalue weighted by atomic mass is 15.1. The predicted octanol–water partition coefficient (Wildman–Crippen LogP) is 3.52. The smallest absolute Gasteiger partial charge is 0.0952 e. The third kappa shape index (κ3) is 3.14. The third-order valence-corrected chi connectivity index (χ3v) is 4.20. The molecular weight excluding hydrogens is 222 g/mol. The first-order chi connectivity index (χ1) is 8.63. The summed E-state index contributed by atoms with van der Waals surface area (Å²) in [6.07, 6.45) is 10.8. The molecule has 3 nitrogen and oxygen atoms in total. The van der Waals surface area contributed by atoms with Crippen LogP contribution in [-0.4, -0.2) is 16.1 Å². The molecule has 1 aromatic rings. The second-order valence-corrected chi connectivity index (χ2v) is 6.24. The van der Waals surface area contributed by atoms with Crippen molar-refractivity contribution in [1.82, 2.24) is 14.9 Å². The lowest BCUT2D eigenvalue weighted by Gasteiger charge is -2.39. The van der Waals surface area contributed by atoms with Gasteiger partial charge < -0.3 is 9.88 Å². The maximum absolute atomic E-state index is 4.53. The molecule has 0 bridgehead atoms. The zero-order chi connectivity index (χ0) is 13.0. The topological polar surface area (TPSA) is 29.9 Å². The SMILES string of the molecule is CCCNCc1cn(C2CCCCC2(C)C)cn1. The molecule has 0 spiro atoms. The minimum absolute atomic E-state index is 0.410. The van der Waals surface area contributed by atoms with E-state index in [0.717, 1.165) is 13.1 Å². The van der Waals surface area contributed by atoms with Gasteiger partial charge in [0.1, 0.15) is 0 Å². The Bertz CT molecular complexity index is 368. The highest BCUT2D eigenvalue weighted by Gasteiger charge is 2.33. The molecule has 1 saturated carbocycles. The Hall–Kier alpha value is -0.830. The Morgan fingerprint density at radius 3 is 3.00 bits per heavy atom. The zero-order valence-corrected chi connectivity index (χ0v) is 12.1. The van der Waals surface area contributed by atoms with E-state index in [-0.39, 0.29) is 0 Å². The van der Waals surface area contributed by atoms with Crippen LogP contribution in [0.2, 0.25) is 0 Å². The van der Waals surface area contributed by atoms with Gasteiger partial charge in [-0.05, 0) is 31.2 Å². The van der Waals surface area contributed by atoms with Gasteiger partial charge in [-0.1, -0.05) is 33.6 Å². The highest BCUT2D eigenvalue weighted by molar-refractivity contribution is 5.00. The first-order valence-electron chi connectivity index (χ1n) is 7.36. The van der Waals surface area contributed by atoms with Gasteiger partial charge in [-0.25, -0.2) is 4.98 Å². The Labute approximate surface area is 111 Å². The first kappa shape index (κ1) is 13.6. The van der Waals surface area contributed by atoms with E-state index in [4.69, 9.17) is 0 Å². The van der Waals surface area contributed by atoms with Crippen LogP contribution in [0.25, 0.3) is 0 Å². The van der Waals surface area contributed by atoms with Gasteiger partial charge in [-0.3, -0.25) is 0 Å². The number of aromatic nitrogens is 2. The fourth-order valence-electron chi connectivity index (χ4n) is 3.06. The van der Waals surface area contributed by atoms with Crippen LogP contribution in [0, 0.1) is 5.41 Å². The molecule has 1 aliphatic rings. The van der Waals surface area contributed by atoms with E-state index in [9.17, 15) is 0 Å². The molecule has 3 heteroatoms. The summed E-state index contributed by atoms with van der Waals surface area (Å²) in [6, 6.07) is 0.624. The maximum Gasteiger partial charge on any atom is 0.0952 e. The minimum atomic E-state index is 0.410. The van der Waals surface area contributed by atoms with Gasteiger partial charge in [0.25, 0.3) is 0 Å². The number of nitrogens with zero attached hydrogens (tertiary/aromatic N) is 2. The molecule has 1 N–H and O–H groups in total. The van der Waals surface area contributed by atoms with Gasteiger partial charge in [0, 0.05) is 18.8 Å². The van der Waals surface area contributed by atoms with E-state index in [1.54, 1.807) is 0 Å².